The maximum absolute atomic E-state index is 13.5. The van der Waals surface area contributed by atoms with Gasteiger partial charge in [0.1, 0.15) is 16.4 Å². The van der Waals surface area contributed by atoms with Crippen LogP contribution in [0, 0.1) is 22.9 Å². The van der Waals surface area contributed by atoms with Crippen molar-refractivity contribution in [2.45, 2.75) is 13.5 Å². The van der Waals surface area contributed by atoms with Crippen LogP contribution in [-0.2, 0) is 6.54 Å². The fraction of sp³-hybridized carbons (Fsp3) is 0.136. The summed E-state index contributed by atoms with van der Waals surface area (Å²) in [5.41, 5.74) is 0.598. The molecule has 0 bridgehead atoms. The highest BCUT2D eigenvalue weighted by atomic mass is 32.1. The molecular formula is C22H17FN4O5S. The van der Waals surface area contributed by atoms with Gasteiger partial charge in [0.2, 0.25) is 0 Å². The molecule has 0 aliphatic rings. The standard InChI is InChI=1S/C22H17FN4O5S/c1-12-18-21(24-11-26(22(18)29)10-13-4-3-5-14(23)8-13)33-19(12)20(28)25-16-9-15(27(30)31)6-7-17(16)32-2/h3-9,11H,10H2,1-2H3,(H,25,28). The number of nitro benzene ring substituents is 1. The summed E-state index contributed by atoms with van der Waals surface area (Å²) in [5.74, 6) is -0.703. The topological polar surface area (TPSA) is 116 Å². The summed E-state index contributed by atoms with van der Waals surface area (Å²) in [6.45, 7) is 1.76. The number of amides is 1. The number of aromatic nitrogens is 2. The molecule has 0 aliphatic carbocycles. The summed E-state index contributed by atoms with van der Waals surface area (Å²) in [4.78, 5) is 41.5. The van der Waals surface area contributed by atoms with Gasteiger partial charge in [-0.25, -0.2) is 9.37 Å². The van der Waals surface area contributed by atoms with Gasteiger partial charge in [-0.05, 0) is 36.2 Å². The predicted octanol–water partition coefficient (Wildman–Crippen LogP) is 4.12. The number of carbonyl (C=O) groups is 1. The number of aryl methyl sites for hydroxylation is 1. The second kappa shape index (κ2) is 8.79. The van der Waals surface area contributed by atoms with Gasteiger partial charge in [-0.2, -0.15) is 0 Å². The normalized spacial score (nSPS) is 10.9. The number of rotatable bonds is 6. The van der Waals surface area contributed by atoms with E-state index in [1.807, 2.05) is 0 Å². The van der Waals surface area contributed by atoms with Crippen molar-refractivity contribution >= 4 is 38.8 Å². The summed E-state index contributed by atoms with van der Waals surface area (Å²) in [6, 6.07) is 9.76. The third kappa shape index (κ3) is 4.30. The van der Waals surface area contributed by atoms with Crippen LogP contribution >= 0.6 is 11.3 Å². The van der Waals surface area contributed by atoms with E-state index in [0.717, 1.165) is 11.3 Å². The van der Waals surface area contributed by atoms with Crippen LogP contribution in [0.2, 0.25) is 0 Å². The van der Waals surface area contributed by atoms with Crippen molar-refractivity contribution in [1.29, 1.82) is 0 Å². The van der Waals surface area contributed by atoms with Gasteiger partial charge in [-0.15, -0.1) is 11.3 Å². The number of hydrogen-bond donors (Lipinski definition) is 1. The maximum Gasteiger partial charge on any atom is 0.271 e. The molecule has 1 N–H and O–H groups in total. The van der Waals surface area contributed by atoms with Crippen LogP contribution in [0.25, 0.3) is 10.2 Å². The van der Waals surface area contributed by atoms with E-state index in [0.29, 0.717) is 16.0 Å². The van der Waals surface area contributed by atoms with Crippen LogP contribution in [0.5, 0.6) is 5.75 Å². The number of fused-ring (bicyclic) bond motifs is 1. The number of methoxy groups -OCH3 is 1. The third-order valence-corrected chi connectivity index (χ3v) is 6.21. The lowest BCUT2D eigenvalue weighted by Crippen LogP contribution is -2.21. The van der Waals surface area contributed by atoms with Crippen molar-refractivity contribution in [3.05, 3.63) is 91.1 Å². The number of hydrogen-bond acceptors (Lipinski definition) is 7. The van der Waals surface area contributed by atoms with Gasteiger partial charge < -0.3 is 10.1 Å². The molecule has 0 fully saturated rings. The van der Waals surface area contributed by atoms with Crippen LogP contribution < -0.4 is 15.6 Å². The Morgan fingerprint density at radius 1 is 1.30 bits per heavy atom. The molecule has 0 saturated heterocycles. The minimum atomic E-state index is -0.579. The van der Waals surface area contributed by atoms with Gasteiger partial charge >= 0.3 is 0 Å². The number of halogens is 1. The van der Waals surface area contributed by atoms with E-state index in [9.17, 15) is 24.1 Å². The Kier molecular flexibility index (Phi) is 5.88. The molecule has 0 spiro atoms. The van der Waals surface area contributed by atoms with Gasteiger partial charge in [0.25, 0.3) is 17.2 Å². The lowest BCUT2D eigenvalue weighted by Gasteiger charge is -2.09. The summed E-state index contributed by atoms with van der Waals surface area (Å²) in [5, 5.41) is 14.0. The molecule has 0 saturated carbocycles. The van der Waals surface area contributed by atoms with E-state index in [2.05, 4.69) is 10.3 Å². The lowest BCUT2D eigenvalue weighted by molar-refractivity contribution is -0.384. The second-order valence-electron chi connectivity index (χ2n) is 7.14. The molecule has 168 valence electrons. The Morgan fingerprint density at radius 3 is 2.79 bits per heavy atom. The number of thiophene rings is 1. The number of non-ortho nitro benzene ring substituents is 1. The zero-order valence-electron chi connectivity index (χ0n) is 17.5. The number of anilines is 1. The van der Waals surface area contributed by atoms with Crippen LogP contribution in [0.1, 0.15) is 20.8 Å². The van der Waals surface area contributed by atoms with E-state index < -0.39 is 16.6 Å². The first-order valence-corrected chi connectivity index (χ1v) is 10.5. The van der Waals surface area contributed by atoms with Crippen LogP contribution in [0.4, 0.5) is 15.8 Å². The Hall–Kier alpha value is -4.12. The SMILES string of the molecule is COc1ccc([N+](=O)[O-])cc1NC(=O)c1sc2ncn(Cc3cccc(F)c3)c(=O)c2c1C. The predicted molar refractivity (Wildman–Crippen MR) is 122 cm³/mol. The number of nitrogens with zero attached hydrogens (tertiary/aromatic N) is 3. The fourth-order valence-electron chi connectivity index (χ4n) is 3.41. The Balaban J connectivity index is 1.69. The number of benzene rings is 2. The molecule has 1 amide bonds. The highest BCUT2D eigenvalue weighted by Gasteiger charge is 2.21. The first kappa shape index (κ1) is 22.1. The lowest BCUT2D eigenvalue weighted by atomic mass is 10.2. The summed E-state index contributed by atoms with van der Waals surface area (Å²) in [7, 11) is 1.38. The van der Waals surface area contributed by atoms with E-state index in [1.54, 1.807) is 19.1 Å². The average Bonchev–Trinajstić information content (AvgIpc) is 3.13. The molecule has 9 nitrogen and oxygen atoms in total. The average molecular weight is 468 g/mol. The summed E-state index contributed by atoms with van der Waals surface area (Å²) < 4.78 is 20.0. The van der Waals surface area contributed by atoms with Crippen molar-refractivity contribution in [2.24, 2.45) is 0 Å². The summed E-state index contributed by atoms with van der Waals surface area (Å²) >= 11 is 1.04. The van der Waals surface area contributed by atoms with Crippen LogP contribution in [0.3, 0.4) is 0 Å². The maximum atomic E-state index is 13.5. The smallest absolute Gasteiger partial charge is 0.271 e. The Bertz CT molecular complexity index is 1460. The van der Waals surface area contributed by atoms with E-state index in [4.69, 9.17) is 4.74 Å². The molecular weight excluding hydrogens is 451 g/mol. The minimum absolute atomic E-state index is 0.126. The summed E-state index contributed by atoms with van der Waals surface area (Å²) in [6.07, 6.45) is 1.36. The Labute approximate surface area is 190 Å². The quantitative estimate of drug-likeness (QED) is 0.336. The molecule has 11 heteroatoms. The zero-order valence-corrected chi connectivity index (χ0v) is 18.3. The van der Waals surface area contributed by atoms with E-state index in [-0.39, 0.29) is 39.5 Å². The van der Waals surface area contributed by atoms with Gasteiger partial charge in [0, 0.05) is 12.1 Å². The first-order valence-electron chi connectivity index (χ1n) is 9.65. The first-order chi connectivity index (χ1) is 15.8. The van der Waals surface area contributed by atoms with Gasteiger partial charge in [0.05, 0.1) is 40.9 Å². The number of ether oxygens (including phenoxy) is 1. The molecule has 4 rings (SSSR count). The number of nitrogens with one attached hydrogen (secondary N) is 1. The fourth-order valence-corrected chi connectivity index (χ4v) is 4.44. The van der Waals surface area contributed by atoms with Gasteiger partial charge in [-0.1, -0.05) is 12.1 Å². The van der Waals surface area contributed by atoms with Crippen LogP contribution in [0.15, 0.2) is 53.6 Å². The molecule has 0 unspecified atom stereocenters. The van der Waals surface area contributed by atoms with Crippen molar-refractivity contribution in [3.8, 4) is 5.75 Å². The highest BCUT2D eigenvalue weighted by Crippen LogP contribution is 2.32. The van der Waals surface area contributed by atoms with E-state index >= 15 is 0 Å². The molecule has 4 aromatic rings. The monoisotopic (exact) mass is 468 g/mol. The van der Waals surface area contributed by atoms with Crippen molar-refractivity contribution < 1.29 is 18.8 Å². The largest absolute Gasteiger partial charge is 0.495 e. The minimum Gasteiger partial charge on any atom is -0.495 e. The molecule has 0 atom stereocenters. The highest BCUT2D eigenvalue weighted by molar-refractivity contribution is 7.20. The Morgan fingerprint density at radius 2 is 2.09 bits per heavy atom. The van der Waals surface area contributed by atoms with Gasteiger partial charge in [0.15, 0.2) is 0 Å². The molecule has 0 radical (unpaired) electrons. The second-order valence-corrected chi connectivity index (χ2v) is 8.14. The molecule has 2 heterocycles. The molecule has 2 aromatic heterocycles. The molecule has 0 aliphatic heterocycles. The third-order valence-electron chi connectivity index (χ3n) is 5.01. The number of nitro groups is 1. The van der Waals surface area contributed by atoms with Crippen molar-refractivity contribution in [2.75, 3.05) is 12.4 Å². The van der Waals surface area contributed by atoms with E-state index in [1.165, 1.54) is 48.3 Å². The van der Waals surface area contributed by atoms with Gasteiger partial charge in [-0.3, -0.25) is 24.3 Å². The molecule has 33 heavy (non-hydrogen) atoms. The van der Waals surface area contributed by atoms with Crippen molar-refractivity contribution in [1.82, 2.24) is 9.55 Å². The van der Waals surface area contributed by atoms with Crippen LogP contribution in [-0.4, -0.2) is 27.5 Å². The zero-order chi connectivity index (χ0) is 23.7. The molecule has 2 aromatic carbocycles. The van der Waals surface area contributed by atoms with Crippen molar-refractivity contribution in [3.63, 3.8) is 0 Å². The number of carbonyl (C=O) groups excluding carboxylic acids is 1.